The van der Waals surface area contributed by atoms with Gasteiger partial charge in [0.2, 0.25) is 5.82 Å². The summed E-state index contributed by atoms with van der Waals surface area (Å²) in [6.07, 6.45) is 1.23. The highest BCUT2D eigenvalue weighted by molar-refractivity contribution is 5.66. The number of esters is 1. The number of carbonyl (C=O) groups is 1. The summed E-state index contributed by atoms with van der Waals surface area (Å²) in [6, 6.07) is 2.57. The minimum absolute atomic E-state index is 0.0312. The van der Waals surface area contributed by atoms with Gasteiger partial charge < -0.3 is 10.1 Å². The molecule has 8 nitrogen and oxygen atoms in total. The molecule has 1 unspecified atom stereocenters. The first kappa shape index (κ1) is 14.4. The quantitative estimate of drug-likeness (QED) is 0.482. The standard InChI is InChI=1S/C11H12N4O4/c1-7(6-19-8(2)16)14-11-10(15(17)18)3-9(4-12)5-13-11/h3,5,7H,6H2,1-2H3,(H,13,14). The average Bonchev–Trinajstić information content (AvgIpc) is 2.36. The van der Waals surface area contributed by atoms with Gasteiger partial charge in [-0.05, 0) is 6.92 Å². The van der Waals surface area contributed by atoms with Crippen LogP contribution in [0.15, 0.2) is 12.3 Å². The largest absolute Gasteiger partial charge is 0.464 e. The van der Waals surface area contributed by atoms with E-state index in [1.54, 1.807) is 13.0 Å². The lowest BCUT2D eigenvalue weighted by Gasteiger charge is -2.13. The number of rotatable bonds is 5. The van der Waals surface area contributed by atoms with Crippen molar-refractivity contribution >= 4 is 17.5 Å². The minimum atomic E-state index is -0.630. The van der Waals surface area contributed by atoms with Gasteiger partial charge in [0, 0.05) is 19.2 Å². The fraction of sp³-hybridized carbons (Fsp3) is 0.364. The van der Waals surface area contributed by atoms with Crippen LogP contribution in [0.5, 0.6) is 0 Å². The van der Waals surface area contributed by atoms with Crippen LogP contribution in [0.3, 0.4) is 0 Å². The van der Waals surface area contributed by atoms with Gasteiger partial charge in [-0.25, -0.2) is 4.98 Å². The Bertz CT molecular complexity index is 538. The van der Waals surface area contributed by atoms with Crippen molar-refractivity contribution in [2.75, 3.05) is 11.9 Å². The van der Waals surface area contributed by atoms with Crippen molar-refractivity contribution in [2.45, 2.75) is 19.9 Å². The molecule has 0 aliphatic rings. The number of hydrogen-bond donors (Lipinski definition) is 1. The number of hydrogen-bond acceptors (Lipinski definition) is 7. The lowest BCUT2D eigenvalue weighted by Crippen LogP contribution is -2.24. The molecule has 1 N–H and O–H groups in total. The maximum Gasteiger partial charge on any atom is 0.312 e. The van der Waals surface area contributed by atoms with Crippen LogP contribution in [-0.4, -0.2) is 28.5 Å². The number of aromatic nitrogens is 1. The van der Waals surface area contributed by atoms with Crippen LogP contribution in [0.4, 0.5) is 11.5 Å². The molecule has 1 rings (SSSR count). The summed E-state index contributed by atoms with van der Waals surface area (Å²) in [7, 11) is 0. The molecular weight excluding hydrogens is 252 g/mol. The Hall–Kier alpha value is -2.69. The minimum Gasteiger partial charge on any atom is -0.464 e. The van der Waals surface area contributed by atoms with E-state index in [0.29, 0.717) is 0 Å². The maximum atomic E-state index is 10.9. The van der Waals surface area contributed by atoms with E-state index in [-0.39, 0.29) is 29.7 Å². The second-order valence-corrected chi connectivity index (χ2v) is 3.81. The SMILES string of the molecule is CC(=O)OCC(C)Nc1ncc(C#N)cc1[N+](=O)[O-]. The topological polar surface area (TPSA) is 118 Å². The maximum absolute atomic E-state index is 10.9. The number of anilines is 1. The molecule has 1 aromatic heterocycles. The smallest absolute Gasteiger partial charge is 0.312 e. The molecule has 0 bridgehead atoms. The van der Waals surface area contributed by atoms with Gasteiger partial charge in [0.25, 0.3) is 0 Å². The van der Waals surface area contributed by atoms with Crippen LogP contribution in [0.1, 0.15) is 19.4 Å². The molecule has 100 valence electrons. The molecule has 8 heteroatoms. The van der Waals surface area contributed by atoms with Gasteiger partial charge in [-0.1, -0.05) is 0 Å². The number of nitrogens with zero attached hydrogens (tertiary/aromatic N) is 3. The van der Waals surface area contributed by atoms with Crippen molar-refractivity contribution in [3.05, 3.63) is 27.9 Å². The van der Waals surface area contributed by atoms with E-state index in [0.717, 1.165) is 6.07 Å². The van der Waals surface area contributed by atoms with Crippen molar-refractivity contribution in [3.8, 4) is 6.07 Å². The molecule has 0 aliphatic carbocycles. The van der Waals surface area contributed by atoms with Gasteiger partial charge >= 0.3 is 11.7 Å². The molecule has 19 heavy (non-hydrogen) atoms. The van der Waals surface area contributed by atoms with Crippen molar-refractivity contribution in [3.63, 3.8) is 0 Å². The number of pyridine rings is 1. The number of nitrogens with one attached hydrogen (secondary N) is 1. The Morgan fingerprint density at radius 2 is 2.42 bits per heavy atom. The van der Waals surface area contributed by atoms with Gasteiger partial charge in [0.15, 0.2) is 0 Å². The summed E-state index contributed by atoms with van der Waals surface area (Å²) in [4.78, 5) is 24.7. The normalized spacial score (nSPS) is 11.2. The fourth-order valence-corrected chi connectivity index (χ4v) is 1.28. The van der Waals surface area contributed by atoms with Gasteiger partial charge in [0.1, 0.15) is 12.7 Å². The third kappa shape index (κ3) is 4.23. The summed E-state index contributed by atoms with van der Waals surface area (Å²) in [6.45, 7) is 3.02. The zero-order chi connectivity index (χ0) is 14.4. The second-order valence-electron chi connectivity index (χ2n) is 3.81. The third-order valence-corrected chi connectivity index (χ3v) is 2.11. The molecule has 0 saturated heterocycles. The van der Waals surface area contributed by atoms with E-state index in [9.17, 15) is 14.9 Å². The molecule has 0 fully saturated rings. The molecular formula is C11H12N4O4. The van der Waals surface area contributed by atoms with Gasteiger partial charge in [-0.2, -0.15) is 5.26 Å². The molecule has 0 radical (unpaired) electrons. The molecule has 1 atom stereocenters. The highest BCUT2D eigenvalue weighted by Gasteiger charge is 2.18. The second kappa shape index (κ2) is 6.30. The predicted octanol–water partition coefficient (Wildman–Crippen LogP) is 1.22. The zero-order valence-corrected chi connectivity index (χ0v) is 10.4. The third-order valence-electron chi connectivity index (χ3n) is 2.11. The molecule has 0 spiro atoms. The molecule has 1 heterocycles. The molecule has 1 aromatic rings. The summed E-state index contributed by atoms with van der Waals surface area (Å²) in [5.74, 6) is -0.403. The first-order chi connectivity index (χ1) is 8.93. The zero-order valence-electron chi connectivity index (χ0n) is 10.4. The van der Waals surface area contributed by atoms with Crippen LogP contribution in [0.2, 0.25) is 0 Å². The van der Waals surface area contributed by atoms with Gasteiger partial charge in [0.05, 0.1) is 16.5 Å². The summed E-state index contributed by atoms with van der Waals surface area (Å²) >= 11 is 0. The van der Waals surface area contributed by atoms with Crippen molar-refractivity contribution in [1.29, 1.82) is 5.26 Å². The van der Waals surface area contributed by atoms with Crippen molar-refractivity contribution in [1.82, 2.24) is 4.98 Å². The highest BCUT2D eigenvalue weighted by Crippen LogP contribution is 2.23. The average molecular weight is 264 g/mol. The van der Waals surface area contributed by atoms with Crippen molar-refractivity contribution < 1.29 is 14.5 Å². The number of nitriles is 1. The molecule has 0 aromatic carbocycles. The highest BCUT2D eigenvalue weighted by atomic mass is 16.6. The fourth-order valence-electron chi connectivity index (χ4n) is 1.28. The van der Waals surface area contributed by atoms with E-state index >= 15 is 0 Å². The van der Waals surface area contributed by atoms with Gasteiger partial charge in [-0.3, -0.25) is 14.9 Å². The molecule has 0 aliphatic heterocycles. The Balaban J connectivity index is 2.86. The lowest BCUT2D eigenvalue weighted by atomic mass is 10.2. The first-order valence-corrected chi connectivity index (χ1v) is 5.38. The lowest BCUT2D eigenvalue weighted by molar-refractivity contribution is -0.384. The van der Waals surface area contributed by atoms with E-state index < -0.39 is 10.9 Å². The predicted molar refractivity (Wildman–Crippen MR) is 65.3 cm³/mol. The van der Waals surface area contributed by atoms with Crippen LogP contribution in [0, 0.1) is 21.4 Å². The Kier molecular flexibility index (Phi) is 4.76. The Morgan fingerprint density at radius 3 is 2.95 bits per heavy atom. The van der Waals surface area contributed by atoms with Crippen LogP contribution in [0.25, 0.3) is 0 Å². The first-order valence-electron chi connectivity index (χ1n) is 5.38. The van der Waals surface area contributed by atoms with E-state index in [1.165, 1.54) is 13.1 Å². The summed E-state index contributed by atoms with van der Waals surface area (Å²) in [5, 5.41) is 22.3. The Morgan fingerprint density at radius 1 is 1.74 bits per heavy atom. The Labute approximate surface area is 109 Å². The van der Waals surface area contributed by atoms with Crippen LogP contribution < -0.4 is 5.32 Å². The summed E-state index contributed by atoms with van der Waals surface area (Å²) < 4.78 is 4.77. The van der Waals surface area contributed by atoms with E-state index in [2.05, 4.69) is 10.3 Å². The van der Waals surface area contributed by atoms with Crippen LogP contribution >= 0.6 is 0 Å². The number of nitro groups is 1. The monoisotopic (exact) mass is 264 g/mol. The van der Waals surface area contributed by atoms with E-state index in [1.807, 2.05) is 0 Å². The summed E-state index contributed by atoms with van der Waals surface area (Å²) in [5.41, 5.74) is -0.196. The van der Waals surface area contributed by atoms with Gasteiger partial charge in [-0.15, -0.1) is 0 Å². The number of carbonyl (C=O) groups excluding carboxylic acids is 1. The van der Waals surface area contributed by atoms with Crippen LogP contribution in [-0.2, 0) is 9.53 Å². The molecule has 0 amide bonds. The van der Waals surface area contributed by atoms with Crippen molar-refractivity contribution in [2.24, 2.45) is 0 Å². The number of ether oxygens (including phenoxy) is 1. The molecule has 0 saturated carbocycles. The van der Waals surface area contributed by atoms with E-state index in [4.69, 9.17) is 10.00 Å².